The number of benzene rings is 1. The lowest BCUT2D eigenvalue weighted by Crippen LogP contribution is -2.26. The molecule has 2 N–H and O–H groups in total. The predicted molar refractivity (Wildman–Crippen MR) is 70.0 cm³/mol. The lowest BCUT2D eigenvalue weighted by Gasteiger charge is -2.07. The van der Waals surface area contributed by atoms with Gasteiger partial charge in [-0.2, -0.15) is 0 Å². The molecule has 0 spiro atoms. The van der Waals surface area contributed by atoms with Crippen molar-refractivity contribution in [3.8, 4) is 5.69 Å². The number of hydrogen-bond donors (Lipinski definition) is 2. The number of aliphatic hydroxyl groups is 1. The molecule has 1 amide bonds. The van der Waals surface area contributed by atoms with Gasteiger partial charge in [0.15, 0.2) is 0 Å². The van der Waals surface area contributed by atoms with E-state index in [0.717, 1.165) is 5.69 Å². The number of carbonyl (C=O) groups is 1. The molecule has 1 unspecified atom stereocenters. The van der Waals surface area contributed by atoms with Crippen LogP contribution in [0, 0.1) is 0 Å². The first kappa shape index (κ1) is 13.2. The minimum absolute atomic E-state index is 0.147. The minimum Gasteiger partial charge on any atom is -0.393 e. The van der Waals surface area contributed by atoms with Crippen LogP contribution >= 0.6 is 0 Å². The number of aliphatic hydroxyl groups excluding tert-OH is 1. The lowest BCUT2D eigenvalue weighted by molar-refractivity contribution is 0.0945. The van der Waals surface area contributed by atoms with E-state index in [2.05, 4.69) is 15.6 Å². The molecule has 0 aliphatic heterocycles. The van der Waals surface area contributed by atoms with E-state index in [4.69, 9.17) is 5.11 Å². The lowest BCUT2D eigenvalue weighted by atomic mass is 10.2. The summed E-state index contributed by atoms with van der Waals surface area (Å²) < 4.78 is 1.62. The maximum atomic E-state index is 11.8. The first-order chi connectivity index (χ1) is 9.16. The van der Waals surface area contributed by atoms with Crippen LogP contribution in [0.4, 0.5) is 0 Å². The number of amides is 1. The van der Waals surface area contributed by atoms with Gasteiger partial charge in [0.2, 0.25) is 0 Å². The van der Waals surface area contributed by atoms with E-state index >= 15 is 0 Å². The standard InChI is InChI=1S/C13H16N4O2/c1-10(18)6-7-14-13(19)11-2-4-12(5-3-11)17-9-8-15-16-17/h2-5,8-10,18H,6-7H2,1H3,(H,14,19). The molecule has 100 valence electrons. The summed E-state index contributed by atoms with van der Waals surface area (Å²) in [5, 5.41) is 19.5. The van der Waals surface area contributed by atoms with Crippen molar-refractivity contribution in [2.24, 2.45) is 0 Å². The van der Waals surface area contributed by atoms with Crippen LogP contribution in [0.15, 0.2) is 36.7 Å². The molecule has 0 aliphatic rings. The second-order valence-corrected chi connectivity index (χ2v) is 4.29. The summed E-state index contributed by atoms with van der Waals surface area (Å²) in [6.45, 7) is 2.15. The molecule has 1 aromatic carbocycles. The van der Waals surface area contributed by atoms with E-state index in [0.29, 0.717) is 18.5 Å². The van der Waals surface area contributed by atoms with Crippen molar-refractivity contribution in [2.45, 2.75) is 19.4 Å². The Labute approximate surface area is 111 Å². The molecule has 0 radical (unpaired) electrons. The van der Waals surface area contributed by atoms with Crippen LogP contribution in [-0.4, -0.2) is 38.7 Å². The van der Waals surface area contributed by atoms with Gasteiger partial charge in [0.05, 0.1) is 24.2 Å². The Hall–Kier alpha value is -2.21. The zero-order valence-electron chi connectivity index (χ0n) is 10.7. The summed E-state index contributed by atoms with van der Waals surface area (Å²) in [7, 11) is 0. The highest BCUT2D eigenvalue weighted by Gasteiger charge is 2.06. The van der Waals surface area contributed by atoms with Gasteiger partial charge >= 0.3 is 0 Å². The van der Waals surface area contributed by atoms with Crippen molar-refractivity contribution in [2.75, 3.05) is 6.54 Å². The molecule has 0 bridgehead atoms. The van der Waals surface area contributed by atoms with E-state index in [1.165, 1.54) is 0 Å². The molecule has 6 nitrogen and oxygen atoms in total. The molecular formula is C13H16N4O2. The second kappa shape index (κ2) is 6.10. The molecule has 6 heteroatoms. The third-order valence-electron chi connectivity index (χ3n) is 2.66. The number of aromatic nitrogens is 3. The molecule has 1 aromatic heterocycles. The van der Waals surface area contributed by atoms with Crippen LogP contribution in [0.1, 0.15) is 23.7 Å². The first-order valence-corrected chi connectivity index (χ1v) is 6.10. The largest absolute Gasteiger partial charge is 0.393 e. The van der Waals surface area contributed by atoms with Crippen LogP contribution in [0.25, 0.3) is 5.69 Å². The molecule has 0 aliphatic carbocycles. The van der Waals surface area contributed by atoms with Gasteiger partial charge in [0, 0.05) is 12.1 Å². The van der Waals surface area contributed by atoms with Gasteiger partial charge in [-0.05, 0) is 37.6 Å². The van der Waals surface area contributed by atoms with Crippen molar-refractivity contribution in [3.05, 3.63) is 42.2 Å². The van der Waals surface area contributed by atoms with Gasteiger partial charge in [-0.15, -0.1) is 5.10 Å². The number of rotatable bonds is 5. The highest BCUT2D eigenvalue weighted by Crippen LogP contribution is 2.08. The number of nitrogens with one attached hydrogen (secondary N) is 1. The summed E-state index contributed by atoms with van der Waals surface area (Å²) in [4.78, 5) is 11.8. The molecule has 1 atom stereocenters. The van der Waals surface area contributed by atoms with Crippen LogP contribution in [0.5, 0.6) is 0 Å². The Morgan fingerprint density at radius 3 is 2.74 bits per heavy atom. The SMILES string of the molecule is CC(O)CCNC(=O)c1ccc(-n2ccnn2)cc1. The maximum Gasteiger partial charge on any atom is 0.251 e. The van der Waals surface area contributed by atoms with E-state index < -0.39 is 6.10 Å². The van der Waals surface area contributed by atoms with Crippen LogP contribution in [0.2, 0.25) is 0 Å². The summed E-state index contributed by atoms with van der Waals surface area (Å²) in [5.41, 5.74) is 1.42. The fraction of sp³-hybridized carbons (Fsp3) is 0.308. The molecular weight excluding hydrogens is 244 g/mol. The quantitative estimate of drug-likeness (QED) is 0.832. The van der Waals surface area contributed by atoms with Crippen LogP contribution in [-0.2, 0) is 0 Å². The second-order valence-electron chi connectivity index (χ2n) is 4.29. The van der Waals surface area contributed by atoms with Crippen molar-refractivity contribution in [3.63, 3.8) is 0 Å². The van der Waals surface area contributed by atoms with Crippen molar-refractivity contribution in [1.82, 2.24) is 20.3 Å². The molecule has 2 rings (SSSR count). The molecule has 0 saturated carbocycles. The first-order valence-electron chi connectivity index (χ1n) is 6.10. The van der Waals surface area contributed by atoms with E-state index in [-0.39, 0.29) is 5.91 Å². The average molecular weight is 260 g/mol. The van der Waals surface area contributed by atoms with Crippen molar-refractivity contribution >= 4 is 5.91 Å². The fourth-order valence-electron chi connectivity index (χ4n) is 1.61. The topological polar surface area (TPSA) is 80.0 Å². The summed E-state index contributed by atoms with van der Waals surface area (Å²) >= 11 is 0. The maximum absolute atomic E-state index is 11.8. The predicted octanol–water partition coefficient (Wildman–Crippen LogP) is 0.768. The monoisotopic (exact) mass is 260 g/mol. The van der Waals surface area contributed by atoms with Crippen molar-refractivity contribution < 1.29 is 9.90 Å². The fourth-order valence-corrected chi connectivity index (χ4v) is 1.61. The van der Waals surface area contributed by atoms with E-state index in [9.17, 15) is 4.79 Å². The smallest absolute Gasteiger partial charge is 0.251 e. The summed E-state index contributed by atoms with van der Waals surface area (Å²) in [6, 6.07) is 7.07. The zero-order chi connectivity index (χ0) is 13.7. The molecule has 0 saturated heterocycles. The molecule has 1 heterocycles. The van der Waals surface area contributed by atoms with Gasteiger partial charge in [-0.25, -0.2) is 4.68 Å². The third kappa shape index (κ3) is 3.62. The Balaban J connectivity index is 1.96. The summed E-state index contributed by atoms with van der Waals surface area (Å²) in [5.74, 6) is -0.147. The van der Waals surface area contributed by atoms with Gasteiger partial charge in [0.25, 0.3) is 5.91 Å². The summed E-state index contributed by atoms with van der Waals surface area (Å²) in [6.07, 6.45) is 3.46. The molecule has 19 heavy (non-hydrogen) atoms. The Morgan fingerprint density at radius 2 is 2.16 bits per heavy atom. The van der Waals surface area contributed by atoms with Gasteiger partial charge in [-0.3, -0.25) is 4.79 Å². The zero-order valence-corrected chi connectivity index (χ0v) is 10.7. The highest BCUT2D eigenvalue weighted by molar-refractivity contribution is 5.94. The Bertz CT molecular complexity index is 520. The Kier molecular flexibility index (Phi) is 4.25. The van der Waals surface area contributed by atoms with Gasteiger partial charge < -0.3 is 10.4 Å². The van der Waals surface area contributed by atoms with Gasteiger partial charge in [-0.1, -0.05) is 5.21 Å². The Morgan fingerprint density at radius 1 is 1.42 bits per heavy atom. The van der Waals surface area contributed by atoms with Crippen LogP contribution < -0.4 is 5.32 Å². The number of hydrogen-bond acceptors (Lipinski definition) is 4. The number of carbonyl (C=O) groups excluding carboxylic acids is 1. The van der Waals surface area contributed by atoms with Gasteiger partial charge in [0.1, 0.15) is 0 Å². The molecule has 0 fully saturated rings. The minimum atomic E-state index is -0.407. The van der Waals surface area contributed by atoms with Crippen LogP contribution in [0.3, 0.4) is 0 Å². The number of nitrogens with zero attached hydrogens (tertiary/aromatic N) is 3. The third-order valence-corrected chi connectivity index (χ3v) is 2.66. The average Bonchev–Trinajstić information content (AvgIpc) is 2.92. The normalized spacial score (nSPS) is 12.1. The highest BCUT2D eigenvalue weighted by atomic mass is 16.3. The van der Waals surface area contributed by atoms with E-state index in [1.54, 1.807) is 48.3 Å². The van der Waals surface area contributed by atoms with E-state index in [1.807, 2.05) is 0 Å². The van der Waals surface area contributed by atoms with Crippen molar-refractivity contribution in [1.29, 1.82) is 0 Å². The molecule has 2 aromatic rings.